The van der Waals surface area contributed by atoms with Gasteiger partial charge in [0.1, 0.15) is 6.29 Å². The Labute approximate surface area is 104 Å². The molecule has 0 spiro atoms. The van der Waals surface area contributed by atoms with E-state index in [1.54, 1.807) is 0 Å². The zero-order valence-corrected chi connectivity index (χ0v) is 9.37. The smallest absolute Gasteiger partial charge is 0.234 e. The molecular formula is C12H22N2O2. The van der Waals surface area contributed by atoms with Crippen LogP contribution in [0.4, 0.5) is 0 Å². The molecule has 0 aromatic carbocycles. The summed E-state index contributed by atoms with van der Waals surface area (Å²) in [7, 11) is 0. The fourth-order valence-corrected chi connectivity index (χ4v) is 1.96. The Bertz CT molecular complexity index is 373. The van der Waals surface area contributed by atoms with Crippen molar-refractivity contribution in [3.8, 4) is 0 Å². The van der Waals surface area contributed by atoms with Gasteiger partial charge in [-0.15, -0.1) is 0 Å². The first-order valence-electron chi connectivity index (χ1n) is 8.12. The Morgan fingerprint density at radius 3 is 3.38 bits per heavy atom. The van der Waals surface area contributed by atoms with Gasteiger partial charge in [0, 0.05) is 25.9 Å². The van der Waals surface area contributed by atoms with E-state index < -0.39 is 13.2 Å². The average Bonchev–Trinajstić information content (AvgIpc) is 2.74. The van der Waals surface area contributed by atoms with Crippen molar-refractivity contribution in [3.05, 3.63) is 0 Å². The Hall–Kier alpha value is -0.900. The highest BCUT2D eigenvalue weighted by atomic mass is 16.3. The van der Waals surface area contributed by atoms with Crippen LogP contribution in [0.1, 0.15) is 45.8 Å². The van der Waals surface area contributed by atoms with Gasteiger partial charge in [-0.1, -0.05) is 13.2 Å². The van der Waals surface area contributed by atoms with Crippen LogP contribution in [0, 0.1) is 0 Å². The van der Waals surface area contributed by atoms with Crippen LogP contribution in [0.25, 0.3) is 0 Å². The van der Waals surface area contributed by atoms with Crippen molar-refractivity contribution in [3.63, 3.8) is 0 Å². The van der Waals surface area contributed by atoms with E-state index in [9.17, 15) is 9.59 Å². The molecule has 16 heavy (non-hydrogen) atoms. The SMILES string of the molecule is [2H]C([2H])([2H])C([2H])([2H])CC1CCCN1[13CH2][13C](=O)[15NH]CC[13CH]=O. The Balaban J connectivity index is 2.52. The molecule has 1 amide bonds. The van der Waals surface area contributed by atoms with E-state index in [0.29, 0.717) is 13.0 Å². The van der Waals surface area contributed by atoms with Crippen LogP contribution in [-0.4, -0.2) is 42.8 Å². The van der Waals surface area contributed by atoms with E-state index >= 15 is 0 Å². The first-order valence-corrected chi connectivity index (χ1v) is 5.62. The molecule has 1 fully saturated rings. The lowest BCUT2D eigenvalue weighted by Gasteiger charge is -2.23. The Kier molecular flexibility index (Phi) is 3.43. The van der Waals surface area contributed by atoms with Gasteiger partial charge in [-0.3, -0.25) is 9.69 Å². The zero-order valence-electron chi connectivity index (χ0n) is 14.4. The highest BCUT2D eigenvalue weighted by Gasteiger charge is 2.24. The van der Waals surface area contributed by atoms with Crippen LogP contribution in [-0.2, 0) is 9.59 Å². The summed E-state index contributed by atoms with van der Waals surface area (Å²) in [6.07, 6.45) is 0.139. The topological polar surface area (TPSA) is 49.4 Å². The van der Waals surface area contributed by atoms with Crippen LogP contribution >= 0.6 is 0 Å². The van der Waals surface area contributed by atoms with Gasteiger partial charge in [-0.25, -0.2) is 0 Å². The van der Waals surface area contributed by atoms with E-state index in [4.69, 9.17) is 6.85 Å². The molecule has 1 atom stereocenters. The molecule has 0 aliphatic carbocycles. The minimum atomic E-state index is -2.66. The Morgan fingerprint density at radius 2 is 2.62 bits per heavy atom. The number of nitrogens with zero attached hydrogens (tertiary/aromatic N) is 1. The van der Waals surface area contributed by atoms with E-state index in [1.165, 1.54) is 0 Å². The number of carbonyl (C=O) groups is 2. The van der Waals surface area contributed by atoms with Gasteiger partial charge in [0.2, 0.25) is 5.91 Å². The molecule has 1 aliphatic rings. The van der Waals surface area contributed by atoms with Gasteiger partial charge in [-0.2, -0.15) is 0 Å². The maximum Gasteiger partial charge on any atom is 0.234 e. The predicted octanol–water partition coefficient (Wildman–Crippen LogP) is 0.956. The molecule has 1 N–H and O–H groups in total. The molecule has 0 aromatic rings. The van der Waals surface area contributed by atoms with Crippen LogP contribution in [0.5, 0.6) is 0 Å². The molecule has 4 nitrogen and oxygen atoms in total. The van der Waals surface area contributed by atoms with Crippen LogP contribution in [0.15, 0.2) is 0 Å². The second-order valence-electron chi connectivity index (χ2n) is 3.95. The lowest BCUT2D eigenvalue weighted by atomic mass is 10.1. The molecule has 0 bridgehead atoms. The molecule has 0 aromatic heterocycles. The van der Waals surface area contributed by atoms with Gasteiger partial charge in [0.05, 0.1) is 6.54 Å². The lowest BCUT2D eigenvalue weighted by Crippen LogP contribution is -2.40. The van der Waals surface area contributed by atoms with E-state index in [-0.39, 0.29) is 37.9 Å². The number of rotatable bonds is 7. The monoisotopic (exact) mass is 235 g/mol. The molecule has 92 valence electrons. The summed E-state index contributed by atoms with van der Waals surface area (Å²) < 4.78 is 37.1. The Morgan fingerprint density at radius 1 is 1.75 bits per heavy atom. The molecule has 0 radical (unpaired) electrons. The fourth-order valence-electron chi connectivity index (χ4n) is 1.96. The molecule has 1 aliphatic heterocycles. The molecule has 1 heterocycles. The second kappa shape index (κ2) is 7.39. The van der Waals surface area contributed by atoms with E-state index in [1.807, 2.05) is 4.90 Å². The largest absolute Gasteiger partial charge is 0.355 e. The third-order valence-electron chi connectivity index (χ3n) is 2.77. The summed E-state index contributed by atoms with van der Waals surface area (Å²) in [5.41, 5.74) is 0. The van der Waals surface area contributed by atoms with Gasteiger partial charge in [-0.05, 0) is 25.8 Å². The van der Waals surface area contributed by atoms with Crippen molar-refractivity contribution in [2.45, 2.75) is 44.9 Å². The van der Waals surface area contributed by atoms with Crippen molar-refractivity contribution in [2.24, 2.45) is 0 Å². The number of likely N-dealkylation sites (tertiary alicyclic amines) is 1. The first kappa shape index (κ1) is 7.43. The zero-order chi connectivity index (χ0) is 16.1. The van der Waals surface area contributed by atoms with Gasteiger partial charge in [0.25, 0.3) is 0 Å². The number of hydrogen-bond acceptors (Lipinski definition) is 3. The molecule has 1 rings (SSSR count). The second-order valence-corrected chi connectivity index (χ2v) is 3.95. The summed E-state index contributed by atoms with van der Waals surface area (Å²) in [6.45, 7) is -1.60. The first-order chi connectivity index (χ1) is 9.67. The van der Waals surface area contributed by atoms with E-state index in [0.717, 1.165) is 12.7 Å². The van der Waals surface area contributed by atoms with Crippen LogP contribution < -0.4 is 5.32 Å². The summed E-state index contributed by atoms with van der Waals surface area (Å²) in [4.78, 5) is 23.7. The van der Waals surface area contributed by atoms with Crippen LogP contribution in [0.3, 0.4) is 0 Å². The number of amides is 1. The highest BCUT2D eigenvalue weighted by molar-refractivity contribution is 5.78. The summed E-state index contributed by atoms with van der Waals surface area (Å²) in [5, 5.41) is 2.61. The van der Waals surface area contributed by atoms with Crippen molar-refractivity contribution < 1.29 is 16.4 Å². The number of nitrogens with one attached hydrogen (secondary N) is 1. The van der Waals surface area contributed by atoms with Gasteiger partial charge in [0.15, 0.2) is 0 Å². The quantitative estimate of drug-likeness (QED) is 0.309. The third-order valence-corrected chi connectivity index (χ3v) is 2.77. The molecule has 4 heteroatoms. The minimum Gasteiger partial charge on any atom is -0.355 e. The molecule has 0 saturated carbocycles. The highest BCUT2D eigenvalue weighted by Crippen LogP contribution is 2.20. The number of carbonyl (C=O) groups excluding carboxylic acids is 2. The number of aldehydes is 1. The lowest BCUT2D eigenvalue weighted by molar-refractivity contribution is -0.122. The third kappa shape index (κ3) is 4.31. The van der Waals surface area contributed by atoms with Crippen molar-refractivity contribution >= 4 is 12.2 Å². The number of hydrogen-bond donors (Lipinski definition) is 1. The fraction of sp³-hybridized carbons (Fsp3) is 0.833. The van der Waals surface area contributed by atoms with Crippen molar-refractivity contribution in [1.29, 1.82) is 0 Å². The minimum absolute atomic E-state index is 0.106. The van der Waals surface area contributed by atoms with Crippen molar-refractivity contribution in [2.75, 3.05) is 19.6 Å². The molecule has 1 saturated heterocycles. The van der Waals surface area contributed by atoms with E-state index in [2.05, 4.69) is 5.32 Å². The summed E-state index contributed by atoms with van der Waals surface area (Å²) in [6, 6.07) is -0.239. The van der Waals surface area contributed by atoms with Crippen molar-refractivity contribution in [1.82, 2.24) is 10.2 Å². The maximum atomic E-state index is 11.7. The standard InChI is InChI=1S/C12H22N2O2/c1-2-5-11-6-3-8-14(11)10-12(16)13-7-4-9-15/h9,11H,2-8,10H2,1H3,(H,13,16)/i1D3,2D2,9+1,10+1,12+1,13+1. The van der Waals surface area contributed by atoms with Gasteiger partial charge < -0.3 is 10.1 Å². The maximum absolute atomic E-state index is 11.7. The summed E-state index contributed by atoms with van der Waals surface area (Å²) in [5.74, 6) is -0.224. The van der Waals surface area contributed by atoms with Gasteiger partial charge >= 0.3 is 0 Å². The van der Waals surface area contributed by atoms with Crippen LogP contribution in [0.2, 0.25) is 0 Å². The molecule has 1 unspecified atom stereocenters. The molecular weight excluding hydrogens is 208 g/mol. The predicted molar refractivity (Wildman–Crippen MR) is 63.2 cm³/mol. The summed E-state index contributed by atoms with van der Waals surface area (Å²) >= 11 is 0. The normalized spacial score (nSPS) is 27.2. The average molecular weight is 235 g/mol.